The number of fused-ring (bicyclic) bond motifs is 1. The number of nitrogens with zero attached hydrogens (tertiary/aromatic N) is 1. The van der Waals surface area contributed by atoms with E-state index in [4.69, 9.17) is 5.73 Å². The third kappa shape index (κ3) is 2.79. The number of aromatic nitrogens is 1. The van der Waals surface area contributed by atoms with Gasteiger partial charge in [0.05, 0.1) is 0 Å². The molecule has 2 nitrogen and oxygen atoms in total. The highest BCUT2D eigenvalue weighted by Gasteiger charge is 2.28. The van der Waals surface area contributed by atoms with Crippen LogP contribution in [0.25, 0.3) is 22.0 Å². The lowest BCUT2D eigenvalue weighted by atomic mass is 10.0. The molecule has 3 aromatic rings. The highest BCUT2D eigenvalue weighted by molar-refractivity contribution is 5.86. The standard InChI is InChI=1S/C17H15F3N2/c1-11-8-12(2-4-15(11)21)13-3-5-16-14(9-13)6-7-22(16)10-17(18,19)20/h2-9H,10,21H2,1H3. The van der Waals surface area contributed by atoms with E-state index >= 15 is 0 Å². The Morgan fingerprint density at radius 2 is 1.68 bits per heavy atom. The van der Waals surface area contributed by atoms with Crippen molar-refractivity contribution >= 4 is 16.6 Å². The molecule has 1 aromatic heterocycles. The predicted octanol–water partition coefficient (Wildman–Crippen LogP) is 4.76. The zero-order valence-electron chi connectivity index (χ0n) is 12.0. The molecule has 0 saturated heterocycles. The van der Waals surface area contributed by atoms with E-state index in [9.17, 15) is 13.2 Å². The third-order valence-electron chi connectivity index (χ3n) is 3.72. The first-order valence-corrected chi connectivity index (χ1v) is 6.86. The van der Waals surface area contributed by atoms with Gasteiger partial charge in [-0.3, -0.25) is 0 Å². The molecule has 22 heavy (non-hydrogen) atoms. The lowest BCUT2D eigenvalue weighted by Crippen LogP contribution is -2.16. The second kappa shape index (κ2) is 5.09. The maximum atomic E-state index is 12.5. The maximum Gasteiger partial charge on any atom is 0.406 e. The summed E-state index contributed by atoms with van der Waals surface area (Å²) >= 11 is 0. The van der Waals surface area contributed by atoms with Crippen LogP contribution in [-0.2, 0) is 6.54 Å². The highest BCUT2D eigenvalue weighted by atomic mass is 19.4. The largest absolute Gasteiger partial charge is 0.406 e. The third-order valence-corrected chi connectivity index (χ3v) is 3.72. The molecular formula is C17H15F3N2. The second-order valence-corrected chi connectivity index (χ2v) is 5.40. The molecule has 0 aliphatic carbocycles. The van der Waals surface area contributed by atoms with Gasteiger partial charge in [-0.1, -0.05) is 12.1 Å². The van der Waals surface area contributed by atoms with E-state index in [2.05, 4.69) is 0 Å². The molecular weight excluding hydrogens is 289 g/mol. The average molecular weight is 304 g/mol. The molecule has 2 aromatic carbocycles. The fourth-order valence-electron chi connectivity index (χ4n) is 2.57. The van der Waals surface area contributed by atoms with Gasteiger partial charge < -0.3 is 10.3 Å². The molecule has 0 amide bonds. The van der Waals surface area contributed by atoms with Crippen molar-refractivity contribution in [1.82, 2.24) is 4.57 Å². The Bertz CT molecular complexity index is 832. The number of rotatable bonds is 2. The minimum Gasteiger partial charge on any atom is -0.399 e. The molecule has 114 valence electrons. The van der Waals surface area contributed by atoms with Crippen molar-refractivity contribution in [1.29, 1.82) is 0 Å². The smallest absolute Gasteiger partial charge is 0.399 e. The van der Waals surface area contributed by atoms with Gasteiger partial charge in [-0.05, 0) is 53.9 Å². The van der Waals surface area contributed by atoms with E-state index < -0.39 is 12.7 Å². The quantitative estimate of drug-likeness (QED) is 0.680. The van der Waals surface area contributed by atoms with Crippen molar-refractivity contribution in [3.05, 3.63) is 54.2 Å². The molecule has 0 saturated carbocycles. The van der Waals surface area contributed by atoms with Crippen LogP contribution in [0.15, 0.2) is 48.7 Å². The molecule has 3 rings (SSSR count). The van der Waals surface area contributed by atoms with E-state index in [1.165, 1.54) is 10.8 Å². The van der Waals surface area contributed by atoms with Crippen molar-refractivity contribution in [2.45, 2.75) is 19.6 Å². The maximum absolute atomic E-state index is 12.5. The highest BCUT2D eigenvalue weighted by Crippen LogP contribution is 2.28. The van der Waals surface area contributed by atoms with Gasteiger partial charge in [0, 0.05) is 22.8 Å². The second-order valence-electron chi connectivity index (χ2n) is 5.40. The Hall–Kier alpha value is -2.43. The normalized spacial score (nSPS) is 12.0. The molecule has 0 atom stereocenters. The van der Waals surface area contributed by atoms with Gasteiger partial charge in [-0.15, -0.1) is 0 Å². The first-order valence-electron chi connectivity index (χ1n) is 6.86. The number of hydrogen-bond acceptors (Lipinski definition) is 1. The fourth-order valence-corrected chi connectivity index (χ4v) is 2.57. The van der Waals surface area contributed by atoms with Crippen LogP contribution < -0.4 is 5.73 Å². The van der Waals surface area contributed by atoms with Crippen molar-refractivity contribution in [2.75, 3.05) is 5.73 Å². The Kier molecular flexibility index (Phi) is 3.35. The lowest BCUT2D eigenvalue weighted by molar-refractivity contribution is -0.139. The Balaban J connectivity index is 2.02. The monoisotopic (exact) mass is 304 g/mol. The van der Waals surface area contributed by atoms with E-state index in [-0.39, 0.29) is 0 Å². The summed E-state index contributed by atoms with van der Waals surface area (Å²) in [6.45, 7) is 0.952. The Morgan fingerprint density at radius 1 is 1.00 bits per heavy atom. The number of nitrogen functional groups attached to an aromatic ring is 1. The number of hydrogen-bond donors (Lipinski definition) is 1. The first kappa shape index (κ1) is 14.5. The van der Waals surface area contributed by atoms with Crippen molar-refractivity contribution in [3.8, 4) is 11.1 Å². The fraction of sp³-hybridized carbons (Fsp3) is 0.176. The van der Waals surface area contributed by atoms with Crippen LogP contribution in [0, 0.1) is 6.92 Å². The van der Waals surface area contributed by atoms with Gasteiger partial charge in [0.2, 0.25) is 0 Å². The summed E-state index contributed by atoms with van der Waals surface area (Å²) in [6, 6.07) is 12.9. The number of aryl methyl sites for hydroxylation is 1. The van der Waals surface area contributed by atoms with Gasteiger partial charge in [0.25, 0.3) is 0 Å². The van der Waals surface area contributed by atoms with Crippen LogP contribution in [0.1, 0.15) is 5.56 Å². The summed E-state index contributed by atoms with van der Waals surface area (Å²) in [5.41, 5.74) is 10.0. The molecule has 1 heterocycles. The first-order chi connectivity index (χ1) is 10.3. The SMILES string of the molecule is Cc1cc(-c2ccc3c(ccn3CC(F)(F)F)c2)ccc1N. The molecule has 0 fully saturated rings. The van der Waals surface area contributed by atoms with Gasteiger partial charge in [-0.25, -0.2) is 0 Å². The van der Waals surface area contributed by atoms with Crippen LogP contribution in [0.4, 0.5) is 18.9 Å². The molecule has 0 radical (unpaired) electrons. The number of anilines is 1. The Labute approximate surface area is 126 Å². The summed E-state index contributed by atoms with van der Waals surface area (Å²) in [7, 11) is 0. The van der Waals surface area contributed by atoms with E-state index in [0.717, 1.165) is 27.8 Å². The topological polar surface area (TPSA) is 30.9 Å². The van der Waals surface area contributed by atoms with E-state index in [1.54, 1.807) is 12.1 Å². The molecule has 0 aliphatic heterocycles. The minimum absolute atomic E-state index is 0.577. The number of benzene rings is 2. The zero-order chi connectivity index (χ0) is 15.9. The van der Waals surface area contributed by atoms with Crippen molar-refractivity contribution < 1.29 is 13.2 Å². The summed E-state index contributed by atoms with van der Waals surface area (Å²) in [6.07, 6.45) is -2.76. The number of nitrogens with two attached hydrogens (primary N) is 1. The zero-order valence-corrected chi connectivity index (χ0v) is 12.0. The van der Waals surface area contributed by atoms with Crippen LogP contribution >= 0.6 is 0 Å². The molecule has 0 bridgehead atoms. The predicted molar refractivity (Wildman–Crippen MR) is 82.6 cm³/mol. The van der Waals surface area contributed by atoms with Gasteiger partial charge in [-0.2, -0.15) is 13.2 Å². The van der Waals surface area contributed by atoms with Crippen LogP contribution in [0.2, 0.25) is 0 Å². The van der Waals surface area contributed by atoms with Gasteiger partial charge in [0.1, 0.15) is 6.54 Å². The number of halogens is 3. The van der Waals surface area contributed by atoms with Crippen molar-refractivity contribution in [2.24, 2.45) is 0 Å². The Morgan fingerprint density at radius 3 is 2.36 bits per heavy atom. The molecule has 0 spiro atoms. The summed E-state index contributed by atoms with van der Waals surface area (Å²) in [5, 5.41) is 0.788. The molecule has 2 N–H and O–H groups in total. The lowest BCUT2D eigenvalue weighted by Gasteiger charge is -2.10. The summed E-state index contributed by atoms with van der Waals surface area (Å²) in [4.78, 5) is 0. The summed E-state index contributed by atoms with van der Waals surface area (Å²) in [5.74, 6) is 0. The van der Waals surface area contributed by atoms with Crippen LogP contribution in [-0.4, -0.2) is 10.7 Å². The molecule has 5 heteroatoms. The molecule has 0 aliphatic rings. The van der Waals surface area contributed by atoms with Crippen LogP contribution in [0.5, 0.6) is 0 Å². The van der Waals surface area contributed by atoms with Crippen LogP contribution in [0.3, 0.4) is 0 Å². The van der Waals surface area contributed by atoms with E-state index in [0.29, 0.717) is 5.52 Å². The van der Waals surface area contributed by atoms with Gasteiger partial charge >= 0.3 is 6.18 Å². The number of alkyl halides is 3. The van der Waals surface area contributed by atoms with Crippen molar-refractivity contribution in [3.63, 3.8) is 0 Å². The minimum atomic E-state index is -4.22. The average Bonchev–Trinajstić information content (AvgIpc) is 2.82. The van der Waals surface area contributed by atoms with E-state index in [1.807, 2.05) is 37.3 Å². The summed E-state index contributed by atoms with van der Waals surface area (Å²) < 4.78 is 38.8. The molecule has 0 unspecified atom stereocenters. The van der Waals surface area contributed by atoms with Gasteiger partial charge in [0.15, 0.2) is 0 Å².